The van der Waals surface area contributed by atoms with E-state index in [2.05, 4.69) is 40.8 Å². The van der Waals surface area contributed by atoms with Gasteiger partial charge in [-0.15, -0.1) is 0 Å². The molecule has 1 saturated heterocycles. The molecule has 0 bridgehead atoms. The standard InChI is InChI=1S/C9H21N3.C5H5NO.C5H8O2.2NO3.Ru/c1-10-4-6-11(2)8-9-12(3)7-5-10;7-5-2-1-3-6-4-5;1-4(6)3-5(2)7;2*2-1(3)4;/h4-9H2,1-3H3;1-4,7H;3H2,1-2H3;;;/q;;;2*-1;+3/p-1. The second-order valence-electron chi connectivity index (χ2n) is 7.13. The van der Waals surface area contributed by atoms with Crippen molar-refractivity contribution in [2.45, 2.75) is 20.3 Å². The second-order valence-corrected chi connectivity index (χ2v) is 7.13. The molecule has 1 radical (unpaired) electrons. The van der Waals surface area contributed by atoms with Crippen LogP contribution in [-0.2, 0) is 29.1 Å². The van der Waals surface area contributed by atoms with Crippen molar-refractivity contribution < 1.29 is 44.3 Å². The van der Waals surface area contributed by atoms with Crippen LogP contribution < -0.4 is 5.11 Å². The van der Waals surface area contributed by atoms with Crippen molar-refractivity contribution in [1.29, 1.82) is 0 Å². The van der Waals surface area contributed by atoms with Crippen molar-refractivity contribution in [3.63, 3.8) is 0 Å². The monoisotopic (exact) mass is 591 g/mol. The minimum absolute atomic E-state index is 0. The molecule has 1 aliphatic heterocycles. The van der Waals surface area contributed by atoms with Gasteiger partial charge in [-0.05, 0) is 41.1 Å². The third-order valence-corrected chi connectivity index (χ3v) is 3.72. The molecular formula is C19H33N6O9Ru. The number of rotatable bonds is 2. The number of aromatic nitrogens is 1. The summed E-state index contributed by atoms with van der Waals surface area (Å²) >= 11 is 0. The fourth-order valence-corrected chi connectivity index (χ4v) is 2.06. The summed E-state index contributed by atoms with van der Waals surface area (Å²) in [5.74, 6) is -0.164. The largest absolute Gasteiger partial charge is 3.00 e. The van der Waals surface area contributed by atoms with Gasteiger partial charge in [0.25, 0.3) is 0 Å². The Labute approximate surface area is 217 Å². The summed E-state index contributed by atoms with van der Waals surface area (Å²) in [6.45, 7) is 10.0. The van der Waals surface area contributed by atoms with Crippen molar-refractivity contribution in [1.82, 2.24) is 19.7 Å². The van der Waals surface area contributed by atoms with Crippen LogP contribution in [-0.4, -0.2) is 102 Å². The summed E-state index contributed by atoms with van der Waals surface area (Å²) in [7, 11) is 6.60. The van der Waals surface area contributed by atoms with Crippen LogP contribution in [0.25, 0.3) is 0 Å². The van der Waals surface area contributed by atoms with E-state index in [1.54, 1.807) is 12.3 Å². The topological polar surface area (TPSA) is 212 Å². The summed E-state index contributed by atoms with van der Waals surface area (Å²) in [5, 5.41) is 39.7. The van der Waals surface area contributed by atoms with Gasteiger partial charge in [0.15, 0.2) is 0 Å². The zero-order valence-electron chi connectivity index (χ0n) is 20.5. The van der Waals surface area contributed by atoms with Crippen LogP contribution in [0.15, 0.2) is 24.5 Å². The minimum Gasteiger partial charge on any atom is -0.871 e. The fourth-order valence-electron chi connectivity index (χ4n) is 2.06. The number of Topliss-reactive ketones (excluding diaryl/α,β-unsaturated/α-hetero) is 2. The summed E-state index contributed by atoms with van der Waals surface area (Å²) in [4.78, 5) is 47.3. The summed E-state index contributed by atoms with van der Waals surface area (Å²) in [6.07, 6.45) is 2.93. The molecule has 0 spiro atoms. The van der Waals surface area contributed by atoms with Crippen LogP contribution in [0.5, 0.6) is 5.75 Å². The molecular weight excluding hydrogens is 557 g/mol. The Morgan fingerprint density at radius 2 is 1.11 bits per heavy atom. The van der Waals surface area contributed by atoms with E-state index in [-0.39, 0.29) is 43.2 Å². The quantitative estimate of drug-likeness (QED) is 0.193. The summed E-state index contributed by atoms with van der Waals surface area (Å²) < 4.78 is 0. The zero-order valence-corrected chi connectivity index (χ0v) is 22.2. The first kappa shape index (κ1) is 39.4. The predicted octanol–water partition coefficient (Wildman–Crippen LogP) is 0.0244. The van der Waals surface area contributed by atoms with E-state index >= 15 is 0 Å². The molecule has 1 aromatic rings. The van der Waals surface area contributed by atoms with Gasteiger partial charge in [-0.25, -0.2) is 0 Å². The molecule has 1 aromatic heterocycles. The number of hydrogen-bond donors (Lipinski definition) is 0. The zero-order chi connectivity index (χ0) is 27.1. The van der Waals surface area contributed by atoms with E-state index in [1.807, 2.05) is 0 Å². The van der Waals surface area contributed by atoms with E-state index in [1.165, 1.54) is 65.4 Å². The second kappa shape index (κ2) is 25.8. The number of hydrogen-bond acceptors (Lipinski definition) is 13. The molecule has 201 valence electrons. The molecule has 0 N–H and O–H groups in total. The Bertz CT molecular complexity index is 633. The number of likely N-dealkylation sites (N-methyl/N-ethyl adjacent to an activating group) is 3. The summed E-state index contributed by atoms with van der Waals surface area (Å²) in [5.41, 5.74) is 0. The molecule has 1 fully saturated rings. The van der Waals surface area contributed by atoms with Gasteiger partial charge in [-0.1, -0.05) is 11.8 Å². The third kappa shape index (κ3) is 45.4. The van der Waals surface area contributed by atoms with Crippen molar-refractivity contribution in [2.24, 2.45) is 0 Å². The Kier molecular flexibility index (Phi) is 29.1. The molecule has 2 rings (SSSR count). The maximum Gasteiger partial charge on any atom is 3.00 e. The van der Waals surface area contributed by atoms with Gasteiger partial charge in [0.1, 0.15) is 11.6 Å². The van der Waals surface area contributed by atoms with Crippen LogP contribution in [0, 0.1) is 30.6 Å². The molecule has 0 atom stereocenters. The van der Waals surface area contributed by atoms with Gasteiger partial charge in [-0.2, -0.15) is 0 Å². The van der Waals surface area contributed by atoms with E-state index in [9.17, 15) is 14.7 Å². The number of nitrogens with zero attached hydrogens (tertiary/aromatic N) is 6. The Balaban J connectivity index is -0.000000183. The first-order valence-electron chi connectivity index (χ1n) is 9.91. The van der Waals surface area contributed by atoms with E-state index < -0.39 is 10.2 Å². The maximum absolute atomic E-state index is 10.2. The van der Waals surface area contributed by atoms with E-state index in [4.69, 9.17) is 30.6 Å². The average molecular weight is 591 g/mol. The predicted molar refractivity (Wildman–Crippen MR) is 123 cm³/mol. The Hall–Kier alpha value is -2.81. The van der Waals surface area contributed by atoms with Gasteiger partial charge in [0.05, 0.1) is 16.6 Å². The van der Waals surface area contributed by atoms with Crippen LogP contribution in [0.1, 0.15) is 20.3 Å². The number of ketones is 2. The normalized spacial score (nSPS) is 13.7. The van der Waals surface area contributed by atoms with Crippen molar-refractivity contribution in [3.05, 3.63) is 55.2 Å². The smallest absolute Gasteiger partial charge is 0.871 e. The Morgan fingerprint density at radius 1 is 0.829 bits per heavy atom. The first-order chi connectivity index (χ1) is 15.7. The van der Waals surface area contributed by atoms with E-state index in [0.29, 0.717) is 0 Å². The molecule has 2 heterocycles. The van der Waals surface area contributed by atoms with Gasteiger partial charge in [0.2, 0.25) is 0 Å². The maximum atomic E-state index is 10.2. The van der Waals surface area contributed by atoms with Gasteiger partial charge < -0.3 is 50.4 Å². The number of pyridine rings is 1. The van der Waals surface area contributed by atoms with Gasteiger partial charge in [0, 0.05) is 51.7 Å². The van der Waals surface area contributed by atoms with Gasteiger partial charge >= 0.3 is 19.5 Å². The van der Waals surface area contributed by atoms with Crippen molar-refractivity contribution >= 4 is 11.6 Å². The van der Waals surface area contributed by atoms with Crippen LogP contribution in [0.3, 0.4) is 0 Å². The minimum atomic E-state index is -1.75. The van der Waals surface area contributed by atoms with Gasteiger partial charge in [-0.3, -0.25) is 14.6 Å². The molecule has 15 nitrogen and oxygen atoms in total. The fraction of sp³-hybridized carbons (Fsp3) is 0.632. The molecule has 0 saturated carbocycles. The van der Waals surface area contributed by atoms with Crippen LogP contribution in [0.4, 0.5) is 0 Å². The molecule has 0 unspecified atom stereocenters. The molecule has 0 amide bonds. The van der Waals surface area contributed by atoms with Crippen molar-refractivity contribution in [2.75, 3.05) is 60.4 Å². The van der Waals surface area contributed by atoms with Crippen molar-refractivity contribution in [3.8, 4) is 5.75 Å². The molecule has 1 aliphatic rings. The molecule has 35 heavy (non-hydrogen) atoms. The first-order valence-corrected chi connectivity index (χ1v) is 9.91. The summed E-state index contributed by atoms with van der Waals surface area (Å²) in [6, 6.07) is 3.08. The number of carbonyl (C=O) groups is 2. The molecule has 0 aliphatic carbocycles. The molecule has 16 heteroatoms. The van der Waals surface area contributed by atoms with Crippen LogP contribution >= 0.6 is 0 Å². The van der Waals surface area contributed by atoms with E-state index in [0.717, 1.165) is 0 Å². The third-order valence-electron chi connectivity index (χ3n) is 3.72. The van der Waals surface area contributed by atoms with Crippen LogP contribution in [0.2, 0.25) is 0 Å². The molecule has 0 aromatic carbocycles. The average Bonchev–Trinajstić information content (AvgIpc) is 2.75. The number of carbonyl (C=O) groups excluding carboxylic acids is 2. The SMILES string of the molecule is CC(=O)CC(C)=O.CN1CCN(C)CCN(C)CC1.O=[N+]([O-])[O-].O=[N+]([O-])[O-].[O-]c1cccnc1.[Ru+3]. The Morgan fingerprint density at radius 3 is 1.23 bits per heavy atom.